The van der Waals surface area contributed by atoms with Gasteiger partial charge in [0.05, 0.1) is 17.2 Å². The lowest BCUT2D eigenvalue weighted by Crippen LogP contribution is -2.19. The molecule has 0 bridgehead atoms. The van der Waals surface area contributed by atoms with Gasteiger partial charge in [0, 0.05) is 24.2 Å². The molecule has 2 aromatic rings. The quantitative estimate of drug-likeness (QED) is 0.918. The van der Waals surface area contributed by atoms with Crippen LogP contribution in [0.1, 0.15) is 28.8 Å². The molecule has 0 aliphatic rings. The number of nitrogens with two attached hydrogens (primary N) is 1. The molecule has 2 rings (SSSR count). The number of anilines is 1. The van der Waals surface area contributed by atoms with E-state index in [4.69, 9.17) is 5.73 Å². The summed E-state index contributed by atoms with van der Waals surface area (Å²) in [5.74, 6) is 0. The van der Waals surface area contributed by atoms with Crippen LogP contribution in [0.5, 0.6) is 0 Å². The highest BCUT2D eigenvalue weighted by atomic mass is 32.1. The van der Waals surface area contributed by atoms with Crippen molar-refractivity contribution in [3.05, 3.63) is 45.4 Å². The summed E-state index contributed by atoms with van der Waals surface area (Å²) < 4.78 is 0. The zero-order chi connectivity index (χ0) is 14.7. The van der Waals surface area contributed by atoms with Crippen molar-refractivity contribution in [2.75, 3.05) is 11.9 Å². The summed E-state index contributed by atoms with van der Waals surface area (Å²) >= 11 is 1.70. The van der Waals surface area contributed by atoms with Crippen LogP contribution in [0.15, 0.2) is 23.6 Å². The third-order valence-electron chi connectivity index (χ3n) is 3.37. The van der Waals surface area contributed by atoms with Gasteiger partial charge in [0.25, 0.3) is 0 Å². The highest BCUT2D eigenvalue weighted by Gasteiger charge is 2.08. The molecule has 0 radical (unpaired) electrons. The van der Waals surface area contributed by atoms with Gasteiger partial charge in [-0.25, -0.2) is 4.98 Å². The van der Waals surface area contributed by atoms with Crippen LogP contribution in [0.4, 0.5) is 5.69 Å². The van der Waals surface area contributed by atoms with Crippen molar-refractivity contribution < 1.29 is 0 Å². The molecule has 2 N–H and O–H groups in total. The monoisotopic (exact) mass is 289 g/mol. The zero-order valence-electron chi connectivity index (χ0n) is 12.7. The Labute approximate surface area is 125 Å². The molecular weight excluding hydrogens is 266 g/mol. The van der Waals surface area contributed by atoms with Gasteiger partial charge in [0.1, 0.15) is 0 Å². The first-order valence-corrected chi connectivity index (χ1v) is 7.81. The first-order chi connectivity index (χ1) is 9.45. The van der Waals surface area contributed by atoms with Crippen LogP contribution < -0.4 is 10.6 Å². The van der Waals surface area contributed by atoms with Crippen LogP contribution in [0, 0.1) is 13.8 Å². The fraction of sp³-hybridized carbons (Fsp3) is 0.438. The topological polar surface area (TPSA) is 42.2 Å². The fourth-order valence-corrected chi connectivity index (χ4v) is 2.91. The molecule has 0 saturated carbocycles. The van der Waals surface area contributed by atoms with Crippen LogP contribution in [-0.2, 0) is 13.0 Å². The van der Waals surface area contributed by atoms with E-state index < -0.39 is 0 Å². The molecule has 0 amide bonds. The first-order valence-electron chi connectivity index (χ1n) is 6.93. The van der Waals surface area contributed by atoms with Crippen molar-refractivity contribution in [3.63, 3.8) is 0 Å². The van der Waals surface area contributed by atoms with Crippen LogP contribution in [0.3, 0.4) is 0 Å². The Hall–Kier alpha value is -1.39. The summed E-state index contributed by atoms with van der Waals surface area (Å²) in [6.07, 6.45) is 0.932. The normalized spacial score (nSPS) is 12.4. The second-order valence-corrected chi connectivity index (χ2v) is 6.57. The van der Waals surface area contributed by atoms with Crippen LogP contribution in [-0.4, -0.2) is 18.1 Å². The molecule has 0 aliphatic heterocycles. The largest absolute Gasteiger partial charge is 0.369 e. The van der Waals surface area contributed by atoms with E-state index in [-0.39, 0.29) is 6.04 Å². The molecule has 0 aliphatic carbocycles. The molecule has 1 aromatic heterocycles. The Balaban J connectivity index is 2.10. The van der Waals surface area contributed by atoms with Crippen LogP contribution in [0.2, 0.25) is 0 Å². The molecule has 0 saturated heterocycles. The number of thiazole rings is 1. The lowest BCUT2D eigenvalue weighted by Gasteiger charge is -2.20. The van der Waals surface area contributed by atoms with E-state index in [1.807, 2.05) is 13.8 Å². The minimum atomic E-state index is 0.204. The number of benzene rings is 1. The van der Waals surface area contributed by atoms with Crippen molar-refractivity contribution in [1.82, 2.24) is 4.98 Å². The molecule has 1 heterocycles. The SMILES string of the molecule is Cc1nc(CN(C)c2ccc(CC(C)N)c(C)c2)cs1. The maximum Gasteiger partial charge on any atom is 0.0898 e. The molecule has 1 unspecified atom stereocenters. The highest BCUT2D eigenvalue weighted by Crippen LogP contribution is 2.21. The summed E-state index contributed by atoms with van der Waals surface area (Å²) in [5, 5.41) is 3.25. The van der Waals surface area contributed by atoms with Gasteiger partial charge in [0.15, 0.2) is 0 Å². The maximum atomic E-state index is 5.88. The molecule has 0 spiro atoms. The number of nitrogens with zero attached hydrogens (tertiary/aromatic N) is 2. The summed E-state index contributed by atoms with van der Waals surface area (Å²) in [5.41, 5.74) is 10.9. The van der Waals surface area contributed by atoms with E-state index in [0.717, 1.165) is 23.7 Å². The summed E-state index contributed by atoms with van der Waals surface area (Å²) in [7, 11) is 2.11. The summed E-state index contributed by atoms with van der Waals surface area (Å²) in [6.45, 7) is 7.09. The molecule has 3 nitrogen and oxygen atoms in total. The predicted octanol–water partition coefficient (Wildman–Crippen LogP) is 3.29. The molecule has 1 atom stereocenters. The minimum Gasteiger partial charge on any atom is -0.369 e. The van der Waals surface area contributed by atoms with Crippen molar-refractivity contribution in [1.29, 1.82) is 0 Å². The standard InChI is InChI=1S/C16H23N3S/c1-11-7-16(6-5-14(11)8-12(2)17)19(4)9-15-10-20-13(3)18-15/h5-7,10,12H,8-9,17H2,1-4H3. The van der Waals surface area contributed by atoms with E-state index in [0.29, 0.717) is 0 Å². The Morgan fingerprint density at radius 1 is 1.35 bits per heavy atom. The molecule has 108 valence electrons. The summed E-state index contributed by atoms with van der Waals surface area (Å²) in [6, 6.07) is 6.80. The lowest BCUT2D eigenvalue weighted by molar-refractivity contribution is 0.734. The van der Waals surface area contributed by atoms with Gasteiger partial charge in [-0.1, -0.05) is 6.07 Å². The molecule has 0 fully saturated rings. The number of aryl methyl sites for hydroxylation is 2. The van der Waals surface area contributed by atoms with Gasteiger partial charge in [-0.15, -0.1) is 11.3 Å². The van der Waals surface area contributed by atoms with E-state index in [1.54, 1.807) is 11.3 Å². The average molecular weight is 289 g/mol. The van der Waals surface area contributed by atoms with Gasteiger partial charge >= 0.3 is 0 Å². The van der Waals surface area contributed by atoms with Crippen LogP contribution in [0.25, 0.3) is 0 Å². The molecular formula is C16H23N3S. The van der Waals surface area contributed by atoms with Crippen molar-refractivity contribution in [3.8, 4) is 0 Å². The first kappa shape index (κ1) is 15.0. The number of rotatable bonds is 5. The lowest BCUT2D eigenvalue weighted by atomic mass is 10.0. The zero-order valence-corrected chi connectivity index (χ0v) is 13.5. The predicted molar refractivity (Wildman–Crippen MR) is 87.5 cm³/mol. The number of hydrogen-bond donors (Lipinski definition) is 1. The molecule has 4 heteroatoms. The van der Waals surface area contributed by atoms with E-state index in [2.05, 4.69) is 47.4 Å². The maximum absolute atomic E-state index is 5.88. The Kier molecular flexibility index (Phi) is 4.78. The third-order valence-corrected chi connectivity index (χ3v) is 4.20. The van der Waals surface area contributed by atoms with Crippen LogP contribution >= 0.6 is 11.3 Å². The highest BCUT2D eigenvalue weighted by molar-refractivity contribution is 7.09. The Morgan fingerprint density at radius 3 is 2.65 bits per heavy atom. The number of aromatic nitrogens is 1. The minimum absolute atomic E-state index is 0.204. The Bertz CT molecular complexity index is 575. The van der Waals surface area contributed by atoms with Gasteiger partial charge < -0.3 is 10.6 Å². The van der Waals surface area contributed by atoms with E-state index >= 15 is 0 Å². The fourth-order valence-electron chi connectivity index (χ4n) is 2.31. The van der Waals surface area contributed by atoms with Gasteiger partial charge in [0.2, 0.25) is 0 Å². The Morgan fingerprint density at radius 2 is 2.10 bits per heavy atom. The second-order valence-electron chi connectivity index (χ2n) is 5.51. The number of hydrogen-bond acceptors (Lipinski definition) is 4. The van der Waals surface area contributed by atoms with Gasteiger partial charge in [-0.05, 0) is 50.5 Å². The summed E-state index contributed by atoms with van der Waals surface area (Å²) in [4.78, 5) is 6.75. The smallest absolute Gasteiger partial charge is 0.0898 e. The second kappa shape index (κ2) is 6.37. The average Bonchev–Trinajstić information content (AvgIpc) is 2.76. The van der Waals surface area contributed by atoms with Crippen molar-refractivity contribution in [2.45, 2.75) is 39.8 Å². The van der Waals surface area contributed by atoms with Gasteiger partial charge in [-0.3, -0.25) is 0 Å². The third kappa shape index (κ3) is 3.81. The van der Waals surface area contributed by atoms with E-state index in [9.17, 15) is 0 Å². The van der Waals surface area contributed by atoms with Crippen molar-refractivity contribution in [2.24, 2.45) is 5.73 Å². The molecule has 1 aromatic carbocycles. The molecule has 20 heavy (non-hydrogen) atoms. The van der Waals surface area contributed by atoms with Gasteiger partial charge in [-0.2, -0.15) is 0 Å². The van der Waals surface area contributed by atoms with Crippen molar-refractivity contribution >= 4 is 17.0 Å². The van der Waals surface area contributed by atoms with E-state index in [1.165, 1.54) is 16.8 Å².